The quantitative estimate of drug-likeness (QED) is 0.255. The number of amides is 3. The largest absolute Gasteiger partial charge is 0.321 e. The number of halogens is 1. The SMILES string of the molecule is Cc1cccc(C(=O)NNC(=O)c2ccc(NC(=O)c3sc4cc([N+](=O)[O-])ccc4c3Cl)cc2)c1. The van der Waals surface area contributed by atoms with Gasteiger partial charge in [-0.05, 0) is 49.4 Å². The number of thiophene rings is 1. The first kappa shape index (κ1) is 23.9. The molecule has 0 unspecified atom stereocenters. The number of rotatable bonds is 5. The number of carbonyl (C=O) groups is 3. The van der Waals surface area contributed by atoms with Crippen LogP contribution in [0.4, 0.5) is 11.4 Å². The number of fused-ring (bicyclic) bond motifs is 1. The molecular weight excluding hydrogens is 492 g/mol. The lowest BCUT2D eigenvalue weighted by molar-refractivity contribution is -0.384. The topological polar surface area (TPSA) is 130 Å². The van der Waals surface area contributed by atoms with E-state index in [1.807, 2.05) is 13.0 Å². The molecule has 4 aromatic rings. The molecule has 0 saturated heterocycles. The molecule has 11 heteroatoms. The number of anilines is 1. The second kappa shape index (κ2) is 9.92. The third-order valence-corrected chi connectivity index (χ3v) is 6.66. The average molecular weight is 509 g/mol. The van der Waals surface area contributed by atoms with Crippen molar-refractivity contribution in [2.45, 2.75) is 6.92 Å². The van der Waals surface area contributed by atoms with Gasteiger partial charge < -0.3 is 5.32 Å². The van der Waals surface area contributed by atoms with Crippen molar-refractivity contribution in [1.82, 2.24) is 10.9 Å². The lowest BCUT2D eigenvalue weighted by Crippen LogP contribution is -2.41. The molecule has 35 heavy (non-hydrogen) atoms. The van der Waals surface area contributed by atoms with Gasteiger partial charge in [-0.3, -0.25) is 35.3 Å². The average Bonchev–Trinajstić information content (AvgIpc) is 3.18. The molecule has 3 amide bonds. The molecular formula is C24H17ClN4O5S. The predicted molar refractivity (Wildman–Crippen MR) is 134 cm³/mol. The fourth-order valence-electron chi connectivity index (χ4n) is 3.25. The normalized spacial score (nSPS) is 10.6. The molecule has 3 N–H and O–H groups in total. The molecule has 1 aromatic heterocycles. The molecule has 0 saturated carbocycles. The number of benzene rings is 3. The van der Waals surface area contributed by atoms with Gasteiger partial charge in [-0.25, -0.2) is 0 Å². The Bertz CT molecular complexity index is 1480. The van der Waals surface area contributed by atoms with Gasteiger partial charge in [0.25, 0.3) is 23.4 Å². The molecule has 0 aliphatic carbocycles. The fourth-order valence-corrected chi connectivity index (χ4v) is 4.70. The summed E-state index contributed by atoms with van der Waals surface area (Å²) in [4.78, 5) is 47.9. The van der Waals surface area contributed by atoms with Crippen LogP contribution in [0.3, 0.4) is 0 Å². The van der Waals surface area contributed by atoms with Gasteiger partial charge in [0.1, 0.15) is 4.88 Å². The zero-order valence-corrected chi connectivity index (χ0v) is 19.7. The van der Waals surface area contributed by atoms with Crippen molar-refractivity contribution in [3.63, 3.8) is 0 Å². The Morgan fingerprint density at radius 2 is 1.57 bits per heavy atom. The lowest BCUT2D eigenvalue weighted by atomic mass is 10.1. The van der Waals surface area contributed by atoms with Crippen LogP contribution in [0.25, 0.3) is 10.1 Å². The van der Waals surface area contributed by atoms with Crippen LogP contribution in [0.2, 0.25) is 5.02 Å². The highest BCUT2D eigenvalue weighted by atomic mass is 35.5. The Kier molecular flexibility index (Phi) is 6.76. The summed E-state index contributed by atoms with van der Waals surface area (Å²) in [5, 5.41) is 14.4. The smallest absolute Gasteiger partial charge is 0.270 e. The third-order valence-electron chi connectivity index (χ3n) is 5.00. The maximum absolute atomic E-state index is 12.7. The van der Waals surface area contributed by atoms with E-state index in [9.17, 15) is 24.5 Å². The van der Waals surface area contributed by atoms with Gasteiger partial charge in [0.15, 0.2) is 0 Å². The summed E-state index contributed by atoms with van der Waals surface area (Å²) in [5.74, 6) is -1.46. The van der Waals surface area contributed by atoms with Crippen molar-refractivity contribution in [3.05, 3.63) is 103 Å². The molecule has 9 nitrogen and oxygen atoms in total. The predicted octanol–water partition coefficient (Wildman–Crippen LogP) is 5.10. The standard InChI is InChI=1S/C24H17ClN4O5S/c1-13-3-2-4-15(11-13)23(31)28-27-22(30)14-5-7-16(8-6-14)26-24(32)21-20(25)18-10-9-17(29(33)34)12-19(18)35-21/h2-12H,1H3,(H,26,32)(H,27,30)(H,28,31). The van der Waals surface area contributed by atoms with Crippen LogP contribution in [-0.4, -0.2) is 22.6 Å². The summed E-state index contributed by atoms with van der Waals surface area (Å²) < 4.78 is 0.522. The van der Waals surface area contributed by atoms with Crippen molar-refractivity contribution in [1.29, 1.82) is 0 Å². The van der Waals surface area contributed by atoms with Crippen molar-refractivity contribution in [2.75, 3.05) is 5.32 Å². The number of non-ortho nitro benzene ring substituents is 1. The number of nitrogens with zero attached hydrogens (tertiary/aromatic N) is 1. The Labute approximate surface area is 207 Å². The minimum atomic E-state index is -0.530. The molecule has 1 heterocycles. The molecule has 176 valence electrons. The highest BCUT2D eigenvalue weighted by Crippen LogP contribution is 2.37. The Morgan fingerprint density at radius 3 is 2.23 bits per heavy atom. The number of nitro groups is 1. The monoisotopic (exact) mass is 508 g/mol. The van der Waals surface area contributed by atoms with E-state index in [2.05, 4.69) is 16.2 Å². The van der Waals surface area contributed by atoms with Crippen LogP contribution in [0.1, 0.15) is 36.0 Å². The minimum Gasteiger partial charge on any atom is -0.321 e. The Balaban J connectivity index is 1.40. The van der Waals surface area contributed by atoms with Crippen LogP contribution in [0, 0.1) is 17.0 Å². The molecule has 0 aliphatic heterocycles. The van der Waals surface area contributed by atoms with Crippen LogP contribution in [0.5, 0.6) is 0 Å². The summed E-state index contributed by atoms with van der Waals surface area (Å²) >= 11 is 7.37. The van der Waals surface area contributed by atoms with Crippen LogP contribution >= 0.6 is 22.9 Å². The van der Waals surface area contributed by atoms with E-state index in [1.165, 1.54) is 42.5 Å². The van der Waals surface area contributed by atoms with E-state index in [4.69, 9.17) is 11.6 Å². The maximum atomic E-state index is 12.7. The first-order valence-corrected chi connectivity index (χ1v) is 11.4. The van der Waals surface area contributed by atoms with Gasteiger partial charge in [-0.2, -0.15) is 0 Å². The molecule has 0 aliphatic rings. The van der Waals surface area contributed by atoms with Crippen LogP contribution in [-0.2, 0) is 0 Å². The first-order valence-electron chi connectivity index (χ1n) is 10.2. The summed E-state index contributed by atoms with van der Waals surface area (Å²) in [6.07, 6.45) is 0. The molecule has 0 bridgehead atoms. The van der Waals surface area contributed by atoms with Gasteiger partial charge in [-0.15, -0.1) is 11.3 Å². The van der Waals surface area contributed by atoms with Crippen molar-refractivity contribution < 1.29 is 19.3 Å². The van der Waals surface area contributed by atoms with Gasteiger partial charge >= 0.3 is 0 Å². The summed E-state index contributed by atoms with van der Waals surface area (Å²) in [5.41, 5.74) is 6.62. The number of hydrogen-bond acceptors (Lipinski definition) is 6. The number of nitrogens with one attached hydrogen (secondary N) is 3. The summed E-state index contributed by atoms with van der Waals surface area (Å²) in [6, 6.07) is 17.2. The molecule has 0 radical (unpaired) electrons. The number of nitro benzene ring substituents is 1. The summed E-state index contributed by atoms with van der Waals surface area (Å²) in [7, 11) is 0. The Hall–Kier alpha value is -4.28. The number of aryl methyl sites for hydroxylation is 1. The third kappa shape index (κ3) is 5.29. The number of hydrazine groups is 1. The van der Waals surface area contributed by atoms with Gasteiger partial charge in [0.05, 0.1) is 9.95 Å². The summed E-state index contributed by atoms with van der Waals surface area (Å²) in [6.45, 7) is 1.86. The molecule has 3 aromatic carbocycles. The minimum absolute atomic E-state index is 0.0914. The second-order valence-electron chi connectivity index (χ2n) is 7.49. The van der Waals surface area contributed by atoms with E-state index < -0.39 is 22.6 Å². The molecule has 0 fully saturated rings. The fraction of sp³-hybridized carbons (Fsp3) is 0.0417. The lowest BCUT2D eigenvalue weighted by Gasteiger charge is -2.09. The first-order chi connectivity index (χ1) is 16.7. The second-order valence-corrected chi connectivity index (χ2v) is 8.92. The molecule has 0 atom stereocenters. The Morgan fingerprint density at radius 1 is 0.886 bits per heavy atom. The van der Waals surface area contributed by atoms with Crippen molar-refractivity contribution in [3.8, 4) is 0 Å². The molecule has 4 rings (SSSR count). The molecule has 0 spiro atoms. The van der Waals surface area contributed by atoms with E-state index in [0.29, 0.717) is 21.3 Å². The van der Waals surface area contributed by atoms with Crippen LogP contribution < -0.4 is 16.2 Å². The number of carbonyl (C=O) groups excluding carboxylic acids is 3. The zero-order chi connectivity index (χ0) is 25.1. The van der Waals surface area contributed by atoms with Gasteiger partial charge in [0.2, 0.25) is 0 Å². The highest BCUT2D eigenvalue weighted by Gasteiger charge is 2.19. The van der Waals surface area contributed by atoms with E-state index >= 15 is 0 Å². The van der Waals surface area contributed by atoms with Gasteiger partial charge in [0, 0.05) is 39.0 Å². The van der Waals surface area contributed by atoms with Crippen LogP contribution in [0.15, 0.2) is 66.7 Å². The zero-order valence-electron chi connectivity index (χ0n) is 18.1. The van der Waals surface area contributed by atoms with E-state index in [0.717, 1.165) is 16.9 Å². The maximum Gasteiger partial charge on any atom is 0.270 e. The van der Waals surface area contributed by atoms with Gasteiger partial charge in [-0.1, -0.05) is 29.3 Å². The van der Waals surface area contributed by atoms with Crippen molar-refractivity contribution >= 4 is 62.1 Å². The van der Waals surface area contributed by atoms with E-state index in [-0.39, 0.29) is 21.2 Å². The highest BCUT2D eigenvalue weighted by molar-refractivity contribution is 7.21. The van der Waals surface area contributed by atoms with Crippen molar-refractivity contribution in [2.24, 2.45) is 0 Å². The van der Waals surface area contributed by atoms with E-state index in [1.54, 1.807) is 18.2 Å². The number of hydrogen-bond donors (Lipinski definition) is 3.